The maximum absolute atomic E-state index is 13.1. The van der Waals surface area contributed by atoms with Gasteiger partial charge in [-0.2, -0.15) is 0 Å². The van der Waals surface area contributed by atoms with E-state index in [0.29, 0.717) is 30.0 Å². The van der Waals surface area contributed by atoms with Gasteiger partial charge in [0.05, 0.1) is 14.2 Å². The van der Waals surface area contributed by atoms with Gasteiger partial charge in [0.25, 0.3) is 11.8 Å². The lowest BCUT2D eigenvalue weighted by molar-refractivity contribution is -0.117. The zero-order valence-electron chi connectivity index (χ0n) is 19.6. The van der Waals surface area contributed by atoms with Crippen LogP contribution in [0.1, 0.15) is 21.5 Å². The van der Waals surface area contributed by atoms with Crippen LogP contribution in [0.2, 0.25) is 0 Å². The third kappa shape index (κ3) is 5.70. The van der Waals surface area contributed by atoms with Gasteiger partial charge in [-0.05, 0) is 48.4 Å². The van der Waals surface area contributed by atoms with Crippen molar-refractivity contribution in [1.29, 1.82) is 0 Å². The summed E-state index contributed by atoms with van der Waals surface area (Å²) in [4.78, 5) is 29.1. The number of benzene rings is 3. The Morgan fingerprint density at radius 2 is 1.66 bits per heavy atom. The standard InChI is InChI=1S/C28H27N3O4/c1-34-25-13-12-19(16-26(25)35-2)14-15-29-28(33)24(31-27(32)20-8-4-3-5-9-20)17-21-18-30-23-11-7-6-10-22(21)23/h3-13,16-18,30H,14-15H2,1-2H3,(H,29,33)(H,31,32)/b24-17+. The van der Waals surface area contributed by atoms with Crippen molar-refractivity contribution < 1.29 is 19.1 Å². The molecule has 0 bridgehead atoms. The molecule has 0 aliphatic heterocycles. The van der Waals surface area contributed by atoms with Gasteiger partial charge < -0.3 is 25.1 Å². The molecule has 1 heterocycles. The number of aromatic nitrogens is 1. The summed E-state index contributed by atoms with van der Waals surface area (Å²) in [5, 5.41) is 6.64. The number of carbonyl (C=O) groups is 2. The first kappa shape index (κ1) is 23.6. The summed E-state index contributed by atoms with van der Waals surface area (Å²) in [5.74, 6) is 0.547. The molecule has 35 heavy (non-hydrogen) atoms. The minimum absolute atomic E-state index is 0.163. The molecule has 3 aromatic carbocycles. The predicted octanol–water partition coefficient (Wildman–Crippen LogP) is 4.31. The van der Waals surface area contributed by atoms with Gasteiger partial charge in [-0.15, -0.1) is 0 Å². The number of para-hydroxylation sites is 1. The van der Waals surface area contributed by atoms with Crippen molar-refractivity contribution >= 4 is 28.8 Å². The van der Waals surface area contributed by atoms with Crippen LogP contribution in [0.25, 0.3) is 17.0 Å². The molecule has 7 heteroatoms. The number of carbonyl (C=O) groups excluding carboxylic acids is 2. The van der Waals surface area contributed by atoms with Crippen molar-refractivity contribution in [2.24, 2.45) is 0 Å². The maximum Gasteiger partial charge on any atom is 0.267 e. The molecule has 0 fully saturated rings. The van der Waals surface area contributed by atoms with Crippen molar-refractivity contribution in [2.45, 2.75) is 6.42 Å². The van der Waals surface area contributed by atoms with Crippen LogP contribution in [0.4, 0.5) is 0 Å². The third-order valence-electron chi connectivity index (χ3n) is 5.60. The third-order valence-corrected chi connectivity index (χ3v) is 5.60. The van der Waals surface area contributed by atoms with Gasteiger partial charge in [0.1, 0.15) is 5.70 Å². The van der Waals surface area contributed by atoms with E-state index in [2.05, 4.69) is 15.6 Å². The fourth-order valence-electron chi connectivity index (χ4n) is 3.76. The van der Waals surface area contributed by atoms with Crippen LogP contribution in [0, 0.1) is 0 Å². The van der Waals surface area contributed by atoms with Crippen molar-refractivity contribution in [3.63, 3.8) is 0 Å². The van der Waals surface area contributed by atoms with E-state index in [9.17, 15) is 9.59 Å². The van der Waals surface area contributed by atoms with E-state index < -0.39 is 0 Å². The van der Waals surface area contributed by atoms with Gasteiger partial charge in [-0.25, -0.2) is 0 Å². The van der Waals surface area contributed by atoms with E-state index in [1.807, 2.05) is 54.7 Å². The summed E-state index contributed by atoms with van der Waals surface area (Å²) < 4.78 is 10.6. The SMILES string of the molecule is COc1ccc(CCNC(=O)/C(=C\c2c[nH]c3ccccc23)NC(=O)c2ccccc2)cc1OC. The Morgan fingerprint density at radius 3 is 2.43 bits per heavy atom. The first-order chi connectivity index (χ1) is 17.1. The number of nitrogens with one attached hydrogen (secondary N) is 3. The van der Waals surface area contributed by atoms with Crippen LogP contribution in [-0.4, -0.2) is 37.6 Å². The number of fused-ring (bicyclic) bond motifs is 1. The molecule has 0 saturated carbocycles. The molecular weight excluding hydrogens is 442 g/mol. The fraction of sp³-hybridized carbons (Fsp3) is 0.143. The van der Waals surface area contributed by atoms with E-state index in [-0.39, 0.29) is 17.5 Å². The van der Waals surface area contributed by atoms with Crippen LogP contribution in [0.5, 0.6) is 11.5 Å². The van der Waals surface area contributed by atoms with E-state index in [4.69, 9.17) is 9.47 Å². The van der Waals surface area contributed by atoms with Crippen molar-refractivity contribution in [2.75, 3.05) is 20.8 Å². The summed E-state index contributed by atoms with van der Waals surface area (Å²) in [5.41, 5.74) is 3.37. The fourth-order valence-corrected chi connectivity index (χ4v) is 3.76. The number of rotatable bonds is 9. The molecule has 3 N–H and O–H groups in total. The van der Waals surface area contributed by atoms with Crippen LogP contribution in [0.15, 0.2) is 84.7 Å². The molecule has 0 saturated heterocycles. The van der Waals surface area contributed by atoms with Gasteiger partial charge in [0.2, 0.25) is 0 Å². The minimum Gasteiger partial charge on any atom is -0.493 e. The van der Waals surface area contributed by atoms with Crippen molar-refractivity contribution in [3.8, 4) is 11.5 Å². The lowest BCUT2D eigenvalue weighted by atomic mass is 10.1. The molecule has 0 unspecified atom stereocenters. The van der Waals surface area contributed by atoms with Gasteiger partial charge >= 0.3 is 0 Å². The zero-order valence-corrected chi connectivity index (χ0v) is 19.6. The zero-order chi connectivity index (χ0) is 24.6. The summed E-state index contributed by atoms with van der Waals surface area (Å²) in [6, 6.07) is 22.2. The smallest absolute Gasteiger partial charge is 0.267 e. The van der Waals surface area contributed by atoms with Crippen molar-refractivity contribution in [1.82, 2.24) is 15.6 Å². The van der Waals surface area contributed by atoms with Gasteiger partial charge in [-0.3, -0.25) is 9.59 Å². The highest BCUT2D eigenvalue weighted by Crippen LogP contribution is 2.27. The molecule has 178 valence electrons. The Labute approximate surface area is 203 Å². The number of aromatic amines is 1. The molecule has 2 amide bonds. The highest BCUT2D eigenvalue weighted by atomic mass is 16.5. The average molecular weight is 470 g/mol. The van der Waals surface area contributed by atoms with E-state index in [0.717, 1.165) is 22.0 Å². The summed E-state index contributed by atoms with van der Waals surface area (Å²) in [6.07, 6.45) is 4.08. The van der Waals surface area contributed by atoms with Crippen LogP contribution >= 0.6 is 0 Å². The molecular formula is C28H27N3O4. The topological polar surface area (TPSA) is 92.5 Å². The first-order valence-electron chi connectivity index (χ1n) is 11.2. The van der Waals surface area contributed by atoms with Gasteiger partial charge in [-0.1, -0.05) is 42.5 Å². The molecule has 7 nitrogen and oxygen atoms in total. The maximum atomic E-state index is 13.1. The Morgan fingerprint density at radius 1 is 0.914 bits per heavy atom. The van der Waals surface area contributed by atoms with Crippen molar-refractivity contribution in [3.05, 3.63) is 101 Å². The van der Waals surface area contributed by atoms with E-state index in [1.54, 1.807) is 44.6 Å². The summed E-state index contributed by atoms with van der Waals surface area (Å²) >= 11 is 0. The predicted molar refractivity (Wildman–Crippen MR) is 136 cm³/mol. The second-order valence-corrected chi connectivity index (χ2v) is 7.86. The Bertz CT molecular complexity index is 1360. The molecule has 0 atom stereocenters. The van der Waals surface area contributed by atoms with Gasteiger partial charge in [0, 0.05) is 34.8 Å². The Balaban J connectivity index is 1.52. The second-order valence-electron chi connectivity index (χ2n) is 7.86. The van der Waals surface area contributed by atoms with Crippen LogP contribution < -0.4 is 20.1 Å². The largest absolute Gasteiger partial charge is 0.493 e. The second kappa shape index (κ2) is 11.1. The normalized spacial score (nSPS) is 11.2. The Kier molecular flexibility index (Phi) is 7.47. The lowest BCUT2D eigenvalue weighted by Crippen LogP contribution is -2.35. The van der Waals surface area contributed by atoms with Crippen LogP contribution in [0.3, 0.4) is 0 Å². The monoisotopic (exact) mass is 469 g/mol. The number of methoxy groups -OCH3 is 2. The highest BCUT2D eigenvalue weighted by Gasteiger charge is 2.15. The Hall–Kier alpha value is -4.52. The highest BCUT2D eigenvalue weighted by molar-refractivity contribution is 6.06. The lowest BCUT2D eigenvalue weighted by Gasteiger charge is -2.12. The molecule has 0 aliphatic carbocycles. The molecule has 1 aromatic heterocycles. The van der Waals surface area contributed by atoms with E-state index in [1.165, 1.54) is 0 Å². The molecule has 0 radical (unpaired) electrons. The molecule has 4 rings (SSSR count). The minimum atomic E-state index is -0.375. The van der Waals surface area contributed by atoms with E-state index >= 15 is 0 Å². The molecule has 4 aromatic rings. The van der Waals surface area contributed by atoms with Crippen LogP contribution in [-0.2, 0) is 11.2 Å². The number of hydrogen-bond donors (Lipinski definition) is 3. The quantitative estimate of drug-likeness (QED) is 0.319. The molecule has 0 aliphatic rings. The number of amides is 2. The average Bonchev–Trinajstić information content (AvgIpc) is 3.31. The van der Waals surface area contributed by atoms with Gasteiger partial charge in [0.15, 0.2) is 11.5 Å². The summed E-state index contributed by atoms with van der Waals surface area (Å²) in [7, 11) is 3.17. The number of ether oxygens (including phenoxy) is 2. The molecule has 0 spiro atoms. The number of hydrogen-bond acceptors (Lipinski definition) is 4. The summed E-state index contributed by atoms with van der Waals surface area (Å²) in [6.45, 7) is 0.376. The number of H-pyrrole nitrogens is 1. The first-order valence-corrected chi connectivity index (χ1v) is 11.2.